The van der Waals surface area contributed by atoms with Gasteiger partial charge in [0.25, 0.3) is 0 Å². The molecule has 5 heteroatoms. The maximum absolute atomic E-state index is 12.0. The molecule has 1 heterocycles. The molecule has 0 bridgehead atoms. The van der Waals surface area contributed by atoms with Crippen molar-refractivity contribution in [2.45, 2.75) is 45.4 Å². The van der Waals surface area contributed by atoms with Gasteiger partial charge in [-0.1, -0.05) is 39.8 Å². The maximum atomic E-state index is 12.0. The molecule has 0 N–H and O–H groups in total. The van der Waals surface area contributed by atoms with Crippen LogP contribution in [0.2, 0.25) is 0 Å². The van der Waals surface area contributed by atoms with Gasteiger partial charge < -0.3 is 4.74 Å². The molecule has 2 atom stereocenters. The highest BCUT2D eigenvalue weighted by Crippen LogP contribution is 2.41. The predicted molar refractivity (Wildman–Crippen MR) is 79.2 cm³/mol. The second kappa shape index (κ2) is 5.47. The van der Waals surface area contributed by atoms with Gasteiger partial charge in [0.2, 0.25) is 6.54 Å². The number of fused-ring (bicyclic) bond motifs is 1. The molecule has 0 spiro atoms. The Bertz CT molecular complexity index is 574. The normalized spacial score (nSPS) is 21.6. The first-order valence-electron chi connectivity index (χ1n) is 7.22. The molecule has 0 aliphatic carbocycles. The Balaban J connectivity index is 2.52. The zero-order valence-corrected chi connectivity index (χ0v) is 12.9. The molecule has 0 aromatic heterocycles. The minimum Gasteiger partial charge on any atom is -0.426 e. The van der Waals surface area contributed by atoms with Gasteiger partial charge in [0.1, 0.15) is 5.75 Å². The van der Waals surface area contributed by atoms with Crippen LogP contribution in [0, 0.1) is 16.0 Å². The fourth-order valence-electron chi connectivity index (χ4n) is 2.80. The average molecular weight is 291 g/mol. The second-order valence-electron chi connectivity index (χ2n) is 6.56. The van der Waals surface area contributed by atoms with Crippen LogP contribution < -0.4 is 4.74 Å². The fraction of sp³-hybridized carbons (Fsp3) is 0.562. The van der Waals surface area contributed by atoms with Gasteiger partial charge in [0.15, 0.2) is 0 Å². The first kappa shape index (κ1) is 15.5. The highest BCUT2D eigenvalue weighted by Gasteiger charge is 2.40. The number of benzene rings is 1. The highest BCUT2D eigenvalue weighted by atomic mass is 16.6. The van der Waals surface area contributed by atoms with E-state index >= 15 is 0 Å². The van der Waals surface area contributed by atoms with Crippen molar-refractivity contribution in [1.29, 1.82) is 0 Å². The maximum Gasteiger partial charge on any atom is 0.315 e. The van der Waals surface area contributed by atoms with Crippen LogP contribution in [-0.4, -0.2) is 17.4 Å². The Morgan fingerprint density at radius 3 is 2.48 bits per heavy atom. The van der Waals surface area contributed by atoms with Crippen molar-refractivity contribution in [1.82, 2.24) is 0 Å². The zero-order valence-electron chi connectivity index (χ0n) is 12.9. The molecule has 0 saturated carbocycles. The van der Waals surface area contributed by atoms with Crippen LogP contribution >= 0.6 is 0 Å². The van der Waals surface area contributed by atoms with Crippen LogP contribution in [0.4, 0.5) is 0 Å². The van der Waals surface area contributed by atoms with Crippen LogP contribution in [0.3, 0.4) is 0 Å². The number of nitro groups is 1. The molecule has 0 fully saturated rings. The summed E-state index contributed by atoms with van der Waals surface area (Å²) in [5, 5.41) is 11.0. The van der Waals surface area contributed by atoms with Crippen molar-refractivity contribution < 1.29 is 14.5 Å². The van der Waals surface area contributed by atoms with Crippen molar-refractivity contribution in [3.05, 3.63) is 39.4 Å². The van der Waals surface area contributed by atoms with E-state index in [0.29, 0.717) is 12.2 Å². The van der Waals surface area contributed by atoms with Crippen LogP contribution in [0.15, 0.2) is 18.2 Å². The molecule has 1 aliphatic heterocycles. The van der Waals surface area contributed by atoms with Crippen molar-refractivity contribution in [2.75, 3.05) is 6.54 Å². The topological polar surface area (TPSA) is 69.4 Å². The minimum atomic E-state index is -0.446. The monoisotopic (exact) mass is 291 g/mol. The number of hydrogen-bond donors (Lipinski definition) is 0. The largest absolute Gasteiger partial charge is 0.426 e. The SMILES string of the molecule is CC[C@H]1C(=O)Oc2ccc(C(C)(C)C)cc2[C@H]1C[N+](=O)[O-]. The summed E-state index contributed by atoms with van der Waals surface area (Å²) < 4.78 is 5.35. The third-order valence-electron chi connectivity index (χ3n) is 4.06. The quantitative estimate of drug-likeness (QED) is 0.371. The fourth-order valence-corrected chi connectivity index (χ4v) is 2.80. The molecule has 1 aromatic rings. The first-order valence-corrected chi connectivity index (χ1v) is 7.22. The van der Waals surface area contributed by atoms with E-state index in [-0.39, 0.29) is 22.9 Å². The Labute approximate surface area is 124 Å². The zero-order chi connectivity index (χ0) is 15.8. The van der Waals surface area contributed by atoms with E-state index in [0.717, 1.165) is 11.1 Å². The third-order valence-corrected chi connectivity index (χ3v) is 4.06. The van der Waals surface area contributed by atoms with Gasteiger partial charge in [0.05, 0.1) is 11.8 Å². The van der Waals surface area contributed by atoms with Gasteiger partial charge in [-0.25, -0.2) is 0 Å². The molecule has 5 nitrogen and oxygen atoms in total. The molecule has 114 valence electrons. The molecule has 0 unspecified atom stereocenters. The van der Waals surface area contributed by atoms with E-state index in [2.05, 4.69) is 20.8 Å². The van der Waals surface area contributed by atoms with E-state index in [1.54, 1.807) is 6.07 Å². The molecular weight excluding hydrogens is 270 g/mol. The van der Waals surface area contributed by atoms with E-state index < -0.39 is 11.8 Å². The lowest BCUT2D eigenvalue weighted by molar-refractivity contribution is -0.484. The van der Waals surface area contributed by atoms with E-state index in [4.69, 9.17) is 4.74 Å². The lowest BCUT2D eigenvalue weighted by atomic mass is 9.78. The lowest BCUT2D eigenvalue weighted by Crippen LogP contribution is -2.35. The van der Waals surface area contributed by atoms with Crippen molar-refractivity contribution in [3.63, 3.8) is 0 Å². The molecule has 21 heavy (non-hydrogen) atoms. The van der Waals surface area contributed by atoms with E-state index in [1.165, 1.54) is 0 Å². The summed E-state index contributed by atoms with van der Waals surface area (Å²) in [5.41, 5.74) is 1.81. The molecule has 0 radical (unpaired) electrons. The number of ether oxygens (including phenoxy) is 1. The molecule has 1 aliphatic rings. The minimum absolute atomic E-state index is 0.0582. The third kappa shape index (κ3) is 3.06. The Hall–Kier alpha value is -1.91. The summed E-state index contributed by atoms with van der Waals surface area (Å²) in [6.45, 7) is 7.88. The standard InChI is InChI=1S/C16H21NO4/c1-5-11-13(9-17(19)20)12-8-10(16(2,3)4)6-7-14(12)21-15(11)18/h6-8,11,13H,5,9H2,1-4H3/t11-,13+/m1/s1. The van der Waals surface area contributed by atoms with Gasteiger partial charge in [-0.05, 0) is 23.5 Å². The summed E-state index contributed by atoms with van der Waals surface area (Å²) in [4.78, 5) is 22.6. The number of esters is 1. The molecule has 0 saturated heterocycles. The van der Waals surface area contributed by atoms with Crippen LogP contribution in [0.25, 0.3) is 0 Å². The summed E-state index contributed by atoms with van der Waals surface area (Å²) in [5.74, 6) is -0.758. The summed E-state index contributed by atoms with van der Waals surface area (Å²) >= 11 is 0. The number of nitrogens with zero attached hydrogens (tertiary/aromatic N) is 1. The number of carbonyl (C=O) groups is 1. The van der Waals surface area contributed by atoms with Crippen molar-refractivity contribution in [3.8, 4) is 5.75 Å². The van der Waals surface area contributed by atoms with Gasteiger partial charge in [-0.2, -0.15) is 0 Å². The second-order valence-corrected chi connectivity index (χ2v) is 6.56. The lowest BCUT2D eigenvalue weighted by Gasteiger charge is -2.30. The Kier molecular flexibility index (Phi) is 4.03. The van der Waals surface area contributed by atoms with Crippen LogP contribution in [0.5, 0.6) is 5.75 Å². The van der Waals surface area contributed by atoms with Crippen molar-refractivity contribution in [2.24, 2.45) is 5.92 Å². The van der Waals surface area contributed by atoms with Gasteiger partial charge in [0, 0.05) is 10.5 Å². The van der Waals surface area contributed by atoms with E-state index in [9.17, 15) is 14.9 Å². The highest BCUT2D eigenvalue weighted by molar-refractivity contribution is 5.79. The summed E-state index contributed by atoms with van der Waals surface area (Å²) in [6, 6.07) is 5.63. The van der Waals surface area contributed by atoms with Gasteiger partial charge in [-0.3, -0.25) is 14.9 Å². The smallest absolute Gasteiger partial charge is 0.315 e. The predicted octanol–water partition coefficient (Wildman–Crippen LogP) is 3.29. The molecule has 1 aromatic carbocycles. The van der Waals surface area contributed by atoms with Gasteiger partial charge >= 0.3 is 5.97 Å². The molecular formula is C16H21NO4. The number of hydrogen-bond acceptors (Lipinski definition) is 4. The summed E-state index contributed by atoms with van der Waals surface area (Å²) in [7, 11) is 0. The number of rotatable bonds is 3. The van der Waals surface area contributed by atoms with Crippen LogP contribution in [-0.2, 0) is 10.2 Å². The van der Waals surface area contributed by atoms with Gasteiger partial charge in [-0.15, -0.1) is 0 Å². The van der Waals surface area contributed by atoms with Crippen LogP contribution in [0.1, 0.15) is 51.2 Å². The molecule has 0 amide bonds. The summed E-state index contributed by atoms with van der Waals surface area (Å²) in [6.07, 6.45) is 0.538. The first-order chi connectivity index (χ1) is 9.74. The number of carbonyl (C=O) groups excluding carboxylic acids is 1. The Morgan fingerprint density at radius 1 is 1.29 bits per heavy atom. The van der Waals surface area contributed by atoms with Crippen molar-refractivity contribution >= 4 is 5.97 Å². The average Bonchev–Trinajstić information content (AvgIpc) is 2.36. The van der Waals surface area contributed by atoms with E-state index in [1.807, 2.05) is 19.1 Å². The Morgan fingerprint density at radius 2 is 1.95 bits per heavy atom. The molecule has 2 rings (SSSR count).